The summed E-state index contributed by atoms with van der Waals surface area (Å²) in [7, 11) is 0. The van der Waals surface area contributed by atoms with Crippen LogP contribution in [-0.4, -0.2) is 18.4 Å². The maximum Gasteiger partial charge on any atom is 0.253 e. The third-order valence-electron chi connectivity index (χ3n) is 1.55. The molecule has 0 heterocycles. The lowest BCUT2D eigenvalue weighted by Gasteiger charge is -2.05. The molecule has 0 aliphatic heterocycles. The minimum absolute atomic E-state index is 0.309. The van der Waals surface area contributed by atoms with E-state index in [4.69, 9.17) is 0 Å². The second-order valence-corrected chi connectivity index (χ2v) is 3.00. The smallest absolute Gasteiger partial charge is 0.253 e. The maximum atomic E-state index is 12.5. The number of nitrogens with one attached hydrogen (secondary N) is 2. The third-order valence-corrected chi connectivity index (χ3v) is 1.55. The van der Waals surface area contributed by atoms with Crippen LogP contribution >= 0.6 is 0 Å². The number of hydrogen-bond acceptors (Lipinski definition) is 3. The van der Waals surface area contributed by atoms with Gasteiger partial charge in [0.2, 0.25) is 5.91 Å². The molecule has 0 saturated carbocycles. The molecule has 0 aliphatic carbocycles. The van der Waals surface area contributed by atoms with E-state index in [0.717, 1.165) is 0 Å². The molecular formula is C10H11FN2O3. The largest absolute Gasteiger partial charge is 0.324 e. The summed E-state index contributed by atoms with van der Waals surface area (Å²) < 4.78 is 12.5. The van der Waals surface area contributed by atoms with Gasteiger partial charge in [0.15, 0.2) is 6.61 Å². The van der Waals surface area contributed by atoms with Gasteiger partial charge in [0, 0.05) is 12.6 Å². The minimum Gasteiger partial charge on any atom is -0.324 e. The molecule has 1 aromatic rings. The molecule has 16 heavy (non-hydrogen) atoms. The third kappa shape index (κ3) is 4.52. The van der Waals surface area contributed by atoms with Crippen LogP contribution in [0.5, 0.6) is 0 Å². The fraction of sp³-hybridized carbons (Fsp3) is 0.200. The highest BCUT2D eigenvalue weighted by Crippen LogP contribution is 2.07. The number of amides is 2. The molecule has 0 fully saturated rings. The van der Waals surface area contributed by atoms with Crippen molar-refractivity contribution in [2.24, 2.45) is 0 Å². The van der Waals surface area contributed by atoms with Gasteiger partial charge in [-0.2, -0.15) is 0 Å². The normalized spacial score (nSPS) is 9.62. The molecule has 0 bridgehead atoms. The molecule has 5 nitrogen and oxygen atoms in total. The molecule has 1 rings (SSSR count). The van der Waals surface area contributed by atoms with Crippen molar-refractivity contribution in [2.75, 3.05) is 11.9 Å². The van der Waals surface area contributed by atoms with E-state index >= 15 is 0 Å². The number of hydroxylamine groups is 1. The van der Waals surface area contributed by atoms with E-state index in [1.807, 2.05) is 5.48 Å². The first-order valence-electron chi connectivity index (χ1n) is 4.51. The highest BCUT2D eigenvalue weighted by molar-refractivity contribution is 5.91. The maximum absolute atomic E-state index is 12.5. The van der Waals surface area contributed by atoms with E-state index in [1.165, 1.54) is 31.2 Å². The molecule has 0 radical (unpaired) electrons. The highest BCUT2D eigenvalue weighted by atomic mass is 19.1. The van der Waals surface area contributed by atoms with Crippen molar-refractivity contribution < 1.29 is 18.8 Å². The summed E-state index contributed by atoms with van der Waals surface area (Å²) in [6, 6.07) is 5.30. The Labute approximate surface area is 91.5 Å². The van der Waals surface area contributed by atoms with Gasteiger partial charge in [-0.15, -0.1) is 0 Å². The summed E-state index contributed by atoms with van der Waals surface area (Å²) in [5.41, 5.74) is 2.47. The van der Waals surface area contributed by atoms with Crippen molar-refractivity contribution in [2.45, 2.75) is 6.92 Å². The van der Waals surface area contributed by atoms with E-state index in [1.54, 1.807) is 0 Å². The number of anilines is 1. The van der Waals surface area contributed by atoms with E-state index in [0.29, 0.717) is 5.69 Å². The van der Waals surface area contributed by atoms with E-state index < -0.39 is 11.8 Å². The zero-order valence-corrected chi connectivity index (χ0v) is 8.62. The first-order valence-corrected chi connectivity index (χ1v) is 4.51. The summed E-state index contributed by atoms with van der Waals surface area (Å²) in [4.78, 5) is 26.2. The molecule has 0 atom stereocenters. The molecule has 1 aromatic carbocycles. The van der Waals surface area contributed by atoms with Gasteiger partial charge >= 0.3 is 0 Å². The summed E-state index contributed by atoms with van der Waals surface area (Å²) in [5.74, 6) is -1.22. The first-order chi connectivity index (χ1) is 7.58. The number of benzene rings is 1. The second-order valence-electron chi connectivity index (χ2n) is 3.00. The Hall–Kier alpha value is -1.95. The Morgan fingerprint density at radius 2 is 1.94 bits per heavy atom. The lowest BCUT2D eigenvalue weighted by molar-refractivity contribution is -0.135. The minimum atomic E-state index is -0.444. The molecule has 0 aromatic heterocycles. The number of halogens is 1. The number of hydrogen-bond donors (Lipinski definition) is 2. The monoisotopic (exact) mass is 226 g/mol. The van der Waals surface area contributed by atoms with Crippen LogP contribution in [0.1, 0.15) is 6.92 Å². The van der Waals surface area contributed by atoms with Crippen LogP contribution in [0.15, 0.2) is 24.3 Å². The first kappa shape index (κ1) is 12.1. The lowest BCUT2D eigenvalue weighted by Crippen LogP contribution is -2.27. The highest BCUT2D eigenvalue weighted by Gasteiger charge is 2.03. The molecule has 2 amide bonds. The second kappa shape index (κ2) is 5.82. The lowest BCUT2D eigenvalue weighted by atomic mass is 10.3. The SMILES string of the molecule is CC(=O)NOCC(=O)Nc1ccc(F)cc1. The van der Waals surface area contributed by atoms with Gasteiger partial charge in [-0.25, -0.2) is 9.87 Å². The van der Waals surface area contributed by atoms with Crippen LogP contribution in [0.25, 0.3) is 0 Å². The van der Waals surface area contributed by atoms with Crippen LogP contribution in [0, 0.1) is 5.82 Å². The van der Waals surface area contributed by atoms with Crippen LogP contribution in [0.3, 0.4) is 0 Å². The van der Waals surface area contributed by atoms with E-state index in [-0.39, 0.29) is 12.4 Å². The quantitative estimate of drug-likeness (QED) is 0.747. The van der Waals surface area contributed by atoms with Gasteiger partial charge < -0.3 is 5.32 Å². The molecule has 0 spiro atoms. The van der Waals surface area contributed by atoms with Gasteiger partial charge in [0.25, 0.3) is 5.91 Å². The van der Waals surface area contributed by atoms with E-state index in [9.17, 15) is 14.0 Å². The van der Waals surface area contributed by atoms with E-state index in [2.05, 4.69) is 10.2 Å². The predicted octanol–water partition coefficient (Wildman–Crippen LogP) is 0.832. The van der Waals surface area contributed by atoms with Crippen molar-refractivity contribution in [3.63, 3.8) is 0 Å². The van der Waals surface area contributed by atoms with Gasteiger partial charge in [0.05, 0.1) is 0 Å². The molecule has 0 aliphatic rings. The van der Waals surface area contributed by atoms with Crippen molar-refractivity contribution >= 4 is 17.5 Å². The van der Waals surface area contributed by atoms with Crippen molar-refractivity contribution in [3.8, 4) is 0 Å². The standard InChI is InChI=1S/C10H11FN2O3/c1-7(14)13-16-6-10(15)12-9-4-2-8(11)3-5-9/h2-5H,6H2,1H3,(H,12,15)(H,13,14). The number of carbonyl (C=O) groups is 2. The molecule has 2 N–H and O–H groups in total. The Balaban J connectivity index is 2.34. The van der Waals surface area contributed by atoms with Gasteiger partial charge in [-0.05, 0) is 24.3 Å². The zero-order chi connectivity index (χ0) is 12.0. The number of carbonyl (C=O) groups excluding carboxylic acids is 2. The van der Waals surface area contributed by atoms with Crippen LogP contribution in [0.4, 0.5) is 10.1 Å². The average Bonchev–Trinajstić information content (AvgIpc) is 2.21. The average molecular weight is 226 g/mol. The number of rotatable bonds is 4. The van der Waals surface area contributed by atoms with Crippen molar-refractivity contribution in [3.05, 3.63) is 30.1 Å². The van der Waals surface area contributed by atoms with Crippen molar-refractivity contribution in [1.82, 2.24) is 5.48 Å². The summed E-state index contributed by atoms with van der Waals surface area (Å²) in [6.45, 7) is 0.953. The molecular weight excluding hydrogens is 215 g/mol. The molecule has 6 heteroatoms. The van der Waals surface area contributed by atoms with Crippen molar-refractivity contribution in [1.29, 1.82) is 0 Å². The molecule has 86 valence electrons. The Morgan fingerprint density at radius 3 is 2.50 bits per heavy atom. The Bertz CT molecular complexity index is 378. The van der Waals surface area contributed by atoms with Gasteiger partial charge in [0.1, 0.15) is 5.82 Å². The summed E-state index contributed by atoms with van der Waals surface area (Å²) in [6.07, 6.45) is 0. The topological polar surface area (TPSA) is 67.4 Å². The molecule has 0 saturated heterocycles. The fourth-order valence-electron chi connectivity index (χ4n) is 0.934. The zero-order valence-electron chi connectivity index (χ0n) is 8.62. The Kier molecular flexibility index (Phi) is 4.41. The van der Waals surface area contributed by atoms with Crippen LogP contribution in [-0.2, 0) is 14.4 Å². The summed E-state index contributed by atoms with van der Waals surface area (Å²) >= 11 is 0. The van der Waals surface area contributed by atoms with Crippen LogP contribution in [0.2, 0.25) is 0 Å². The molecule has 0 unspecified atom stereocenters. The van der Waals surface area contributed by atoms with Gasteiger partial charge in [-0.1, -0.05) is 0 Å². The Morgan fingerprint density at radius 1 is 1.31 bits per heavy atom. The summed E-state index contributed by atoms with van der Waals surface area (Å²) in [5, 5.41) is 2.46. The fourth-order valence-corrected chi connectivity index (χ4v) is 0.934. The van der Waals surface area contributed by atoms with Crippen LogP contribution < -0.4 is 10.8 Å². The predicted molar refractivity (Wildman–Crippen MR) is 54.8 cm³/mol. The van der Waals surface area contributed by atoms with Gasteiger partial charge in [-0.3, -0.25) is 14.4 Å².